The number of likely N-dealkylation sites (tertiary alicyclic amines) is 1. The van der Waals surface area contributed by atoms with E-state index >= 15 is 0 Å². The lowest BCUT2D eigenvalue weighted by Crippen LogP contribution is -2.37. The zero-order valence-corrected chi connectivity index (χ0v) is 17.3. The Bertz CT molecular complexity index is 1120. The van der Waals surface area contributed by atoms with Crippen LogP contribution >= 0.6 is 11.3 Å². The van der Waals surface area contributed by atoms with Gasteiger partial charge in [-0.3, -0.25) is 4.90 Å². The SMILES string of the molecule is Oc1c(C(c2ccc(F)cc2)N2CCC(Cc3ccccc3)CC2)sc2ncnn12. The quantitative estimate of drug-likeness (QED) is 0.507. The molecule has 7 heteroatoms. The van der Waals surface area contributed by atoms with Crippen LogP contribution in [0, 0.1) is 11.7 Å². The number of benzene rings is 2. The van der Waals surface area contributed by atoms with Gasteiger partial charge in [-0.2, -0.15) is 9.61 Å². The molecule has 0 bridgehead atoms. The van der Waals surface area contributed by atoms with Gasteiger partial charge in [0.15, 0.2) is 0 Å². The Hall–Kier alpha value is -2.77. The number of aromatic nitrogens is 3. The third-order valence-electron chi connectivity index (χ3n) is 5.95. The summed E-state index contributed by atoms with van der Waals surface area (Å²) in [5, 5.41) is 14.9. The summed E-state index contributed by atoms with van der Waals surface area (Å²) >= 11 is 1.44. The van der Waals surface area contributed by atoms with Crippen molar-refractivity contribution in [1.29, 1.82) is 0 Å². The molecule has 0 aliphatic carbocycles. The van der Waals surface area contributed by atoms with Gasteiger partial charge >= 0.3 is 0 Å². The summed E-state index contributed by atoms with van der Waals surface area (Å²) in [6.45, 7) is 1.85. The molecular formula is C23H23FN4OS. The fraction of sp³-hybridized carbons (Fsp3) is 0.304. The molecule has 5 nitrogen and oxygen atoms in total. The van der Waals surface area contributed by atoms with Crippen LogP contribution in [0.3, 0.4) is 0 Å². The van der Waals surface area contributed by atoms with Crippen molar-refractivity contribution in [2.24, 2.45) is 5.92 Å². The average molecular weight is 423 g/mol. The summed E-state index contributed by atoms with van der Waals surface area (Å²) in [6.07, 6.45) is 4.72. The molecule has 1 atom stereocenters. The Labute approximate surface area is 178 Å². The molecule has 0 radical (unpaired) electrons. The van der Waals surface area contributed by atoms with Gasteiger partial charge in [0.25, 0.3) is 0 Å². The van der Waals surface area contributed by atoms with Crippen LogP contribution in [-0.4, -0.2) is 37.7 Å². The highest BCUT2D eigenvalue weighted by Gasteiger charge is 2.32. The molecule has 154 valence electrons. The van der Waals surface area contributed by atoms with Crippen molar-refractivity contribution in [1.82, 2.24) is 19.5 Å². The Morgan fingerprint density at radius 1 is 1.07 bits per heavy atom. The third kappa shape index (κ3) is 3.70. The maximum atomic E-state index is 13.6. The molecule has 5 rings (SSSR count). The van der Waals surface area contributed by atoms with Crippen LogP contribution in [-0.2, 0) is 6.42 Å². The van der Waals surface area contributed by atoms with Crippen molar-refractivity contribution in [3.05, 3.63) is 82.7 Å². The summed E-state index contributed by atoms with van der Waals surface area (Å²) in [7, 11) is 0. The summed E-state index contributed by atoms with van der Waals surface area (Å²) in [6, 6.07) is 17.1. The van der Waals surface area contributed by atoms with Crippen LogP contribution in [0.15, 0.2) is 60.9 Å². The fourth-order valence-electron chi connectivity index (χ4n) is 4.41. The van der Waals surface area contributed by atoms with Crippen molar-refractivity contribution in [2.45, 2.75) is 25.3 Å². The number of piperidine rings is 1. The van der Waals surface area contributed by atoms with Crippen LogP contribution in [0.5, 0.6) is 5.88 Å². The van der Waals surface area contributed by atoms with Crippen LogP contribution in [0.1, 0.15) is 34.9 Å². The van der Waals surface area contributed by atoms with E-state index < -0.39 is 0 Å². The van der Waals surface area contributed by atoms with E-state index in [1.807, 2.05) is 12.1 Å². The Kier molecular flexibility index (Phi) is 5.23. The van der Waals surface area contributed by atoms with E-state index in [9.17, 15) is 9.50 Å². The second-order valence-corrected chi connectivity index (χ2v) is 8.88. The van der Waals surface area contributed by atoms with Gasteiger partial charge in [-0.25, -0.2) is 9.37 Å². The summed E-state index contributed by atoms with van der Waals surface area (Å²) in [5.74, 6) is 0.507. The Morgan fingerprint density at radius 2 is 1.80 bits per heavy atom. The summed E-state index contributed by atoms with van der Waals surface area (Å²) in [5.41, 5.74) is 2.35. The molecule has 30 heavy (non-hydrogen) atoms. The molecule has 1 aliphatic rings. The van der Waals surface area contributed by atoms with Crippen LogP contribution < -0.4 is 0 Å². The predicted molar refractivity (Wildman–Crippen MR) is 115 cm³/mol. The first kappa shape index (κ1) is 19.2. The summed E-state index contributed by atoms with van der Waals surface area (Å²) < 4.78 is 15.0. The van der Waals surface area contributed by atoms with Crippen molar-refractivity contribution >= 4 is 16.3 Å². The second kappa shape index (κ2) is 8.16. The number of aromatic hydroxyl groups is 1. The van der Waals surface area contributed by atoms with Gasteiger partial charge in [-0.15, -0.1) is 0 Å². The smallest absolute Gasteiger partial charge is 0.230 e. The highest BCUT2D eigenvalue weighted by atomic mass is 32.1. The normalized spacial score (nSPS) is 16.8. The van der Waals surface area contributed by atoms with Gasteiger partial charge in [-0.1, -0.05) is 53.8 Å². The summed E-state index contributed by atoms with van der Waals surface area (Å²) in [4.78, 5) is 8.08. The second-order valence-electron chi connectivity index (χ2n) is 7.87. The predicted octanol–water partition coefficient (Wildman–Crippen LogP) is 4.68. The highest BCUT2D eigenvalue weighted by molar-refractivity contribution is 7.17. The van der Waals surface area contributed by atoms with E-state index in [4.69, 9.17) is 0 Å². The minimum atomic E-state index is -0.258. The first-order chi connectivity index (χ1) is 14.7. The molecule has 1 fully saturated rings. The van der Waals surface area contributed by atoms with Gasteiger partial charge in [0.2, 0.25) is 10.8 Å². The number of thiazole rings is 1. The number of fused-ring (bicyclic) bond motifs is 1. The van der Waals surface area contributed by atoms with Crippen LogP contribution in [0.4, 0.5) is 4.39 Å². The highest BCUT2D eigenvalue weighted by Crippen LogP contribution is 2.41. The first-order valence-corrected chi connectivity index (χ1v) is 11.1. The molecule has 2 aromatic heterocycles. The molecule has 4 aromatic rings. The lowest BCUT2D eigenvalue weighted by Gasteiger charge is -2.37. The number of hydrogen-bond donors (Lipinski definition) is 1. The van der Waals surface area contributed by atoms with E-state index in [0.29, 0.717) is 10.9 Å². The zero-order chi connectivity index (χ0) is 20.5. The van der Waals surface area contributed by atoms with Crippen LogP contribution in [0.2, 0.25) is 0 Å². The van der Waals surface area contributed by atoms with Gasteiger partial charge in [0.1, 0.15) is 12.1 Å². The Balaban J connectivity index is 1.40. The van der Waals surface area contributed by atoms with Crippen molar-refractivity contribution in [3.63, 3.8) is 0 Å². The minimum Gasteiger partial charge on any atom is -0.492 e. The van der Waals surface area contributed by atoms with E-state index in [0.717, 1.165) is 42.8 Å². The largest absolute Gasteiger partial charge is 0.492 e. The van der Waals surface area contributed by atoms with Gasteiger partial charge in [-0.05, 0) is 61.5 Å². The molecule has 1 aliphatic heterocycles. The molecule has 0 amide bonds. The number of nitrogens with zero attached hydrogens (tertiary/aromatic N) is 4. The molecular weight excluding hydrogens is 399 g/mol. The third-order valence-corrected chi connectivity index (χ3v) is 7.04. The Morgan fingerprint density at radius 3 is 2.50 bits per heavy atom. The number of hydrogen-bond acceptors (Lipinski definition) is 5. The van der Waals surface area contributed by atoms with Crippen LogP contribution in [0.25, 0.3) is 4.96 Å². The maximum Gasteiger partial charge on any atom is 0.230 e. The first-order valence-electron chi connectivity index (χ1n) is 10.2. The standard InChI is InChI=1S/C23H23FN4OS/c24-19-8-6-18(7-9-19)20(21-22(29)28-23(30-21)25-15-26-28)27-12-10-17(11-13-27)14-16-4-2-1-3-5-16/h1-9,15,17,20,29H,10-14H2. The maximum absolute atomic E-state index is 13.6. The van der Waals surface area contributed by atoms with E-state index in [2.05, 4.69) is 45.3 Å². The zero-order valence-electron chi connectivity index (χ0n) is 16.5. The minimum absolute atomic E-state index is 0.119. The molecule has 1 unspecified atom stereocenters. The molecule has 1 N–H and O–H groups in total. The van der Waals surface area contributed by atoms with E-state index in [1.54, 1.807) is 0 Å². The topological polar surface area (TPSA) is 53.7 Å². The number of halogens is 1. The van der Waals surface area contributed by atoms with Crippen molar-refractivity contribution < 1.29 is 9.50 Å². The molecule has 0 saturated carbocycles. The van der Waals surface area contributed by atoms with Crippen molar-refractivity contribution in [3.8, 4) is 5.88 Å². The number of rotatable bonds is 5. The van der Waals surface area contributed by atoms with Gasteiger partial charge < -0.3 is 5.11 Å². The lowest BCUT2D eigenvalue weighted by molar-refractivity contribution is 0.150. The van der Waals surface area contributed by atoms with E-state index in [-0.39, 0.29) is 17.7 Å². The van der Waals surface area contributed by atoms with Gasteiger partial charge in [0, 0.05) is 0 Å². The van der Waals surface area contributed by atoms with Gasteiger partial charge in [0.05, 0.1) is 10.9 Å². The average Bonchev–Trinajstić information content (AvgIpc) is 3.35. The lowest BCUT2D eigenvalue weighted by atomic mass is 9.89. The molecule has 1 saturated heterocycles. The molecule has 0 spiro atoms. The fourth-order valence-corrected chi connectivity index (χ4v) is 5.50. The monoisotopic (exact) mass is 422 g/mol. The molecule has 3 heterocycles. The van der Waals surface area contributed by atoms with E-state index in [1.165, 1.54) is 39.9 Å². The van der Waals surface area contributed by atoms with Crippen molar-refractivity contribution in [2.75, 3.05) is 13.1 Å². The molecule has 2 aromatic carbocycles.